The lowest BCUT2D eigenvalue weighted by Crippen LogP contribution is -2.11. The first kappa shape index (κ1) is 8.51. The van der Waals surface area contributed by atoms with Crippen molar-refractivity contribution in [1.29, 1.82) is 0 Å². The zero-order chi connectivity index (χ0) is 7.28. The van der Waals surface area contributed by atoms with Gasteiger partial charge < -0.3 is 5.11 Å². The molecule has 0 saturated heterocycles. The third-order valence-corrected chi connectivity index (χ3v) is 1.66. The van der Waals surface area contributed by atoms with Crippen molar-refractivity contribution in [2.45, 2.75) is 17.7 Å². The van der Waals surface area contributed by atoms with Gasteiger partial charge in [-0.2, -0.15) is 0 Å². The van der Waals surface area contributed by atoms with E-state index in [9.17, 15) is 4.79 Å². The SMILES string of the molecule is C#CCCC(Br)C(=O)O. The van der Waals surface area contributed by atoms with Crippen molar-refractivity contribution in [2.75, 3.05) is 0 Å². The van der Waals surface area contributed by atoms with E-state index in [1.165, 1.54) is 0 Å². The van der Waals surface area contributed by atoms with Crippen molar-refractivity contribution in [3.05, 3.63) is 0 Å². The molecule has 0 saturated carbocycles. The number of terminal acetylenes is 1. The highest BCUT2D eigenvalue weighted by molar-refractivity contribution is 9.10. The number of carboxylic acid groups (broad SMARTS) is 1. The highest BCUT2D eigenvalue weighted by Gasteiger charge is 2.10. The molecule has 0 bridgehead atoms. The summed E-state index contributed by atoms with van der Waals surface area (Å²) in [6.45, 7) is 0. The largest absolute Gasteiger partial charge is 0.480 e. The Bertz CT molecular complexity index is 136. The molecule has 50 valence electrons. The summed E-state index contributed by atoms with van der Waals surface area (Å²) in [7, 11) is 0. The molecule has 1 unspecified atom stereocenters. The standard InChI is InChI=1S/C6H7BrO2/c1-2-3-4-5(7)6(8)9/h1,5H,3-4H2,(H,8,9). The summed E-state index contributed by atoms with van der Waals surface area (Å²) < 4.78 is 0. The Kier molecular flexibility index (Phi) is 4.16. The number of alkyl halides is 1. The first-order chi connectivity index (χ1) is 4.18. The molecule has 0 rings (SSSR count). The zero-order valence-electron chi connectivity index (χ0n) is 4.80. The van der Waals surface area contributed by atoms with Gasteiger partial charge in [-0.15, -0.1) is 12.3 Å². The van der Waals surface area contributed by atoms with Gasteiger partial charge in [0.05, 0.1) is 0 Å². The van der Waals surface area contributed by atoms with Crippen LogP contribution in [0.5, 0.6) is 0 Å². The second-order valence-corrected chi connectivity index (χ2v) is 2.65. The highest BCUT2D eigenvalue weighted by Crippen LogP contribution is 2.06. The van der Waals surface area contributed by atoms with Gasteiger partial charge in [0.25, 0.3) is 0 Å². The molecule has 0 aromatic rings. The van der Waals surface area contributed by atoms with E-state index in [2.05, 4.69) is 21.9 Å². The van der Waals surface area contributed by atoms with Gasteiger partial charge in [-0.25, -0.2) is 0 Å². The Morgan fingerprint density at radius 1 is 1.89 bits per heavy atom. The number of hydrogen-bond donors (Lipinski definition) is 1. The van der Waals surface area contributed by atoms with Crippen LogP contribution in [-0.4, -0.2) is 15.9 Å². The first-order valence-electron chi connectivity index (χ1n) is 2.49. The quantitative estimate of drug-likeness (QED) is 0.538. The molecule has 0 aromatic carbocycles. The number of carboxylic acids is 1. The van der Waals surface area contributed by atoms with Gasteiger partial charge in [-0.1, -0.05) is 15.9 Å². The first-order valence-corrected chi connectivity index (χ1v) is 3.40. The van der Waals surface area contributed by atoms with Gasteiger partial charge in [0.1, 0.15) is 4.83 Å². The van der Waals surface area contributed by atoms with Crippen molar-refractivity contribution in [3.8, 4) is 12.3 Å². The summed E-state index contributed by atoms with van der Waals surface area (Å²) in [4.78, 5) is 9.60. The van der Waals surface area contributed by atoms with Crippen LogP contribution in [0.25, 0.3) is 0 Å². The van der Waals surface area contributed by atoms with Gasteiger partial charge in [0.15, 0.2) is 0 Å². The molecular weight excluding hydrogens is 184 g/mol. The van der Waals surface area contributed by atoms with Gasteiger partial charge in [0.2, 0.25) is 0 Å². The van der Waals surface area contributed by atoms with Crippen LogP contribution in [0.3, 0.4) is 0 Å². The Morgan fingerprint density at radius 3 is 2.78 bits per heavy atom. The minimum atomic E-state index is -0.856. The maximum Gasteiger partial charge on any atom is 0.317 e. The Labute approximate surface area is 62.4 Å². The molecule has 2 nitrogen and oxygen atoms in total. The van der Waals surface area contributed by atoms with Gasteiger partial charge in [-0.05, 0) is 6.42 Å². The summed E-state index contributed by atoms with van der Waals surface area (Å²) in [6, 6.07) is 0. The molecule has 0 aliphatic carbocycles. The molecule has 3 heteroatoms. The molecule has 0 radical (unpaired) electrons. The van der Waals surface area contributed by atoms with Crippen LogP contribution in [0.1, 0.15) is 12.8 Å². The van der Waals surface area contributed by atoms with Gasteiger partial charge in [-0.3, -0.25) is 4.79 Å². The average molecular weight is 191 g/mol. The average Bonchev–Trinajstić information content (AvgIpc) is 1.82. The third-order valence-electron chi connectivity index (χ3n) is 0.810. The number of rotatable bonds is 3. The smallest absolute Gasteiger partial charge is 0.317 e. The Balaban J connectivity index is 3.41. The van der Waals surface area contributed by atoms with E-state index in [0.717, 1.165) is 0 Å². The fraction of sp³-hybridized carbons (Fsp3) is 0.500. The summed E-state index contributed by atoms with van der Waals surface area (Å²) in [5.74, 6) is 1.50. The predicted molar refractivity (Wildman–Crippen MR) is 38.4 cm³/mol. The van der Waals surface area contributed by atoms with Crippen LogP contribution in [0.15, 0.2) is 0 Å². The summed E-state index contributed by atoms with van der Waals surface area (Å²) in [5, 5.41) is 8.29. The minimum Gasteiger partial charge on any atom is -0.480 e. The van der Waals surface area contributed by atoms with Crippen molar-refractivity contribution in [1.82, 2.24) is 0 Å². The van der Waals surface area contributed by atoms with Crippen molar-refractivity contribution in [3.63, 3.8) is 0 Å². The Hall–Kier alpha value is -0.490. The zero-order valence-corrected chi connectivity index (χ0v) is 6.39. The maximum atomic E-state index is 10.1. The molecular formula is C6H7BrO2. The fourth-order valence-corrected chi connectivity index (χ4v) is 0.562. The van der Waals surface area contributed by atoms with Gasteiger partial charge in [0, 0.05) is 6.42 Å². The molecule has 0 aliphatic rings. The van der Waals surface area contributed by atoms with Crippen molar-refractivity contribution >= 4 is 21.9 Å². The van der Waals surface area contributed by atoms with Crippen LogP contribution in [0.4, 0.5) is 0 Å². The van der Waals surface area contributed by atoms with E-state index in [0.29, 0.717) is 12.8 Å². The molecule has 0 aliphatic heterocycles. The molecule has 0 aromatic heterocycles. The third kappa shape index (κ3) is 4.04. The van der Waals surface area contributed by atoms with Gasteiger partial charge >= 0.3 is 5.97 Å². The monoisotopic (exact) mass is 190 g/mol. The highest BCUT2D eigenvalue weighted by atomic mass is 79.9. The van der Waals surface area contributed by atoms with Crippen LogP contribution < -0.4 is 0 Å². The molecule has 1 atom stereocenters. The molecule has 0 fully saturated rings. The summed E-state index contributed by atoms with van der Waals surface area (Å²) in [5.41, 5.74) is 0. The fourth-order valence-electron chi connectivity index (χ4n) is 0.334. The topological polar surface area (TPSA) is 37.3 Å². The Morgan fingerprint density at radius 2 is 2.44 bits per heavy atom. The van der Waals surface area contributed by atoms with Crippen molar-refractivity contribution < 1.29 is 9.90 Å². The normalized spacial score (nSPS) is 12.0. The minimum absolute atomic E-state index is 0.492. The van der Waals surface area contributed by atoms with E-state index in [4.69, 9.17) is 11.5 Å². The number of hydrogen-bond acceptors (Lipinski definition) is 1. The van der Waals surface area contributed by atoms with Crippen LogP contribution in [0.2, 0.25) is 0 Å². The van der Waals surface area contributed by atoms with E-state index in [1.54, 1.807) is 0 Å². The lowest BCUT2D eigenvalue weighted by Gasteiger charge is -1.97. The van der Waals surface area contributed by atoms with E-state index in [-0.39, 0.29) is 0 Å². The second-order valence-electron chi connectivity index (χ2n) is 1.55. The van der Waals surface area contributed by atoms with E-state index in [1.807, 2.05) is 0 Å². The lowest BCUT2D eigenvalue weighted by atomic mass is 10.2. The number of carbonyl (C=O) groups is 1. The number of aliphatic carboxylic acids is 1. The molecule has 0 heterocycles. The van der Waals surface area contributed by atoms with E-state index >= 15 is 0 Å². The van der Waals surface area contributed by atoms with Crippen LogP contribution in [0, 0.1) is 12.3 Å². The maximum absolute atomic E-state index is 10.1. The molecule has 1 N–H and O–H groups in total. The molecule has 0 amide bonds. The molecule has 9 heavy (non-hydrogen) atoms. The predicted octanol–water partition coefficient (Wildman–Crippen LogP) is 1.25. The second kappa shape index (κ2) is 4.39. The lowest BCUT2D eigenvalue weighted by molar-refractivity contribution is -0.136. The van der Waals surface area contributed by atoms with Crippen LogP contribution >= 0.6 is 15.9 Å². The van der Waals surface area contributed by atoms with Crippen LogP contribution in [-0.2, 0) is 4.79 Å². The van der Waals surface area contributed by atoms with Crippen molar-refractivity contribution in [2.24, 2.45) is 0 Å². The molecule has 0 spiro atoms. The summed E-state index contributed by atoms with van der Waals surface area (Å²) in [6.07, 6.45) is 5.91. The number of halogens is 1. The van der Waals surface area contributed by atoms with E-state index < -0.39 is 10.8 Å². The summed E-state index contributed by atoms with van der Waals surface area (Å²) >= 11 is 2.95.